The van der Waals surface area contributed by atoms with Crippen LogP contribution in [-0.4, -0.2) is 65.7 Å². The number of fused-ring (bicyclic) bond motifs is 1. The summed E-state index contributed by atoms with van der Waals surface area (Å²) in [4.78, 5) is 12.2. The van der Waals surface area contributed by atoms with Crippen molar-refractivity contribution in [2.24, 2.45) is 5.92 Å². The summed E-state index contributed by atoms with van der Waals surface area (Å²) in [6.07, 6.45) is 2.52. The molecule has 1 aromatic carbocycles. The Bertz CT molecular complexity index is 875. The van der Waals surface area contributed by atoms with Crippen molar-refractivity contribution in [2.45, 2.75) is 33.6 Å². The van der Waals surface area contributed by atoms with Gasteiger partial charge in [-0.15, -0.1) is 0 Å². The van der Waals surface area contributed by atoms with E-state index in [0.717, 1.165) is 67.9 Å². The van der Waals surface area contributed by atoms with Gasteiger partial charge in [0, 0.05) is 50.3 Å². The largest absolute Gasteiger partial charge is 0.354 e. The lowest BCUT2D eigenvalue weighted by Gasteiger charge is -2.35. The average molecular weight is 412 g/mol. The maximum atomic E-state index is 5.68. The maximum absolute atomic E-state index is 5.68. The normalized spacial score (nSPS) is 20.9. The lowest BCUT2D eigenvalue weighted by atomic mass is 10.0. The number of aryl methyl sites for hydroxylation is 1. The van der Waals surface area contributed by atoms with Gasteiger partial charge in [-0.3, -0.25) is 0 Å². The van der Waals surface area contributed by atoms with E-state index in [4.69, 9.17) is 17.2 Å². The summed E-state index contributed by atoms with van der Waals surface area (Å²) in [6.45, 7) is 14.3. The summed E-state index contributed by atoms with van der Waals surface area (Å²) < 4.78 is 0. The van der Waals surface area contributed by atoms with Crippen molar-refractivity contribution in [3.8, 4) is 0 Å². The Hall–Kier alpha value is -1.92. The van der Waals surface area contributed by atoms with Crippen molar-refractivity contribution < 1.29 is 0 Å². The van der Waals surface area contributed by atoms with Crippen molar-refractivity contribution in [2.75, 3.05) is 56.0 Å². The smallest absolute Gasteiger partial charge is 0.173 e. The number of piperidine rings is 1. The molecular formula is C23H33N5S. The second-order valence-corrected chi connectivity index (χ2v) is 8.96. The zero-order chi connectivity index (χ0) is 20.4. The number of hydrogen-bond acceptors (Lipinski definition) is 4. The molecule has 6 heteroatoms. The zero-order valence-corrected chi connectivity index (χ0v) is 18.8. The number of nitrogens with one attached hydrogen (secondary N) is 1. The van der Waals surface area contributed by atoms with Crippen LogP contribution < -0.4 is 10.2 Å². The standard InChI is InChI=1S/C23H33N5S/c1-4-26-10-12-27(13-11-26)22-14-18(3)20-15-19(7-8-21(20)25-22)24-23(29)28-9-5-6-17(2)16-28/h7-8,14-15,17H,4-6,9-13,16H2,1-3H3,(H,24,29). The van der Waals surface area contributed by atoms with E-state index in [1.807, 2.05) is 0 Å². The third-order valence-corrected chi connectivity index (χ3v) is 6.70. The molecular weight excluding hydrogens is 378 g/mol. The number of likely N-dealkylation sites (tertiary alicyclic amines) is 1. The summed E-state index contributed by atoms with van der Waals surface area (Å²) in [7, 11) is 0. The SMILES string of the molecule is CCN1CCN(c2cc(C)c3cc(NC(=S)N4CCCC(C)C4)ccc3n2)CC1. The van der Waals surface area contributed by atoms with Crippen LogP contribution in [-0.2, 0) is 0 Å². The Labute approximate surface area is 180 Å². The van der Waals surface area contributed by atoms with Crippen LogP contribution in [0.3, 0.4) is 0 Å². The molecule has 4 rings (SSSR count). The van der Waals surface area contributed by atoms with E-state index in [0.29, 0.717) is 5.92 Å². The molecule has 5 nitrogen and oxygen atoms in total. The average Bonchev–Trinajstić information content (AvgIpc) is 2.74. The molecule has 1 aromatic heterocycles. The summed E-state index contributed by atoms with van der Waals surface area (Å²) in [6, 6.07) is 8.65. The van der Waals surface area contributed by atoms with Crippen LogP contribution in [0.5, 0.6) is 0 Å². The van der Waals surface area contributed by atoms with E-state index in [2.05, 4.69) is 65.1 Å². The van der Waals surface area contributed by atoms with Crippen LogP contribution in [0, 0.1) is 12.8 Å². The molecule has 2 aromatic rings. The zero-order valence-electron chi connectivity index (χ0n) is 17.9. The monoisotopic (exact) mass is 411 g/mol. The summed E-state index contributed by atoms with van der Waals surface area (Å²) in [5.74, 6) is 1.81. The van der Waals surface area contributed by atoms with Gasteiger partial charge in [-0.1, -0.05) is 13.8 Å². The molecule has 3 heterocycles. The van der Waals surface area contributed by atoms with E-state index >= 15 is 0 Å². The van der Waals surface area contributed by atoms with E-state index < -0.39 is 0 Å². The molecule has 2 aliphatic heterocycles. The molecule has 0 spiro atoms. The first-order chi connectivity index (χ1) is 14.0. The number of piperazine rings is 1. The van der Waals surface area contributed by atoms with Gasteiger partial charge in [0.2, 0.25) is 0 Å². The number of nitrogens with zero attached hydrogens (tertiary/aromatic N) is 4. The second-order valence-electron chi connectivity index (χ2n) is 8.57. The van der Waals surface area contributed by atoms with Crippen LogP contribution in [0.4, 0.5) is 11.5 Å². The van der Waals surface area contributed by atoms with E-state index in [1.54, 1.807) is 0 Å². The lowest BCUT2D eigenvalue weighted by molar-refractivity contribution is 0.270. The van der Waals surface area contributed by atoms with Gasteiger partial charge in [-0.2, -0.15) is 0 Å². The quantitative estimate of drug-likeness (QED) is 0.766. The van der Waals surface area contributed by atoms with Crippen molar-refractivity contribution in [3.05, 3.63) is 29.8 Å². The summed E-state index contributed by atoms with van der Waals surface area (Å²) in [5.41, 5.74) is 3.38. The first-order valence-electron chi connectivity index (χ1n) is 11.0. The maximum Gasteiger partial charge on any atom is 0.173 e. The summed E-state index contributed by atoms with van der Waals surface area (Å²) in [5, 5.41) is 5.49. The van der Waals surface area contributed by atoms with Crippen LogP contribution in [0.15, 0.2) is 24.3 Å². The number of rotatable bonds is 3. The number of hydrogen-bond donors (Lipinski definition) is 1. The predicted octanol–water partition coefficient (Wildman–Crippen LogP) is 4.11. The van der Waals surface area contributed by atoms with Crippen LogP contribution in [0.25, 0.3) is 10.9 Å². The van der Waals surface area contributed by atoms with E-state index in [1.165, 1.54) is 23.8 Å². The van der Waals surface area contributed by atoms with Crippen molar-refractivity contribution in [3.63, 3.8) is 0 Å². The van der Waals surface area contributed by atoms with E-state index in [-0.39, 0.29) is 0 Å². The molecule has 0 saturated carbocycles. The minimum Gasteiger partial charge on any atom is -0.354 e. The Kier molecular flexibility index (Phi) is 6.20. The number of likely N-dealkylation sites (N-methyl/N-ethyl adjacent to an activating group) is 1. The van der Waals surface area contributed by atoms with Crippen molar-refractivity contribution in [1.82, 2.24) is 14.8 Å². The van der Waals surface area contributed by atoms with E-state index in [9.17, 15) is 0 Å². The van der Waals surface area contributed by atoms with Crippen LogP contribution in [0.1, 0.15) is 32.3 Å². The van der Waals surface area contributed by atoms with Gasteiger partial charge >= 0.3 is 0 Å². The molecule has 0 amide bonds. The molecule has 1 atom stereocenters. The van der Waals surface area contributed by atoms with Crippen molar-refractivity contribution in [1.29, 1.82) is 0 Å². The van der Waals surface area contributed by atoms with Crippen LogP contribution in [0.2, 0.25) is 0 Å². The second kappa shape index (κ2) is 8.84. The highest BCUT2D eigenvalue weighted by Gasteiger charge is 2.20. The third-order valence-electron chi connectivity index (χ3n) is 6.34. The fourth-order valence-corrected chi connectivity index (χ4v) is 4.77. The fourth-order valence-electron chi connectivity index (χ4n) is 4.49. The first kappa shape index (κ1) is 20.4. The number of benzene rings is 1. The molecule has 0 radical (unpaired) electrons. The third kappa shape index (κ3) is 4.64. The Balaban J connectivity index is 1.49. The Morgan fingerprint density at radius 3 is 2.69 bits per heavy atom. The molecule has 1 unspecified atom stereocenters. The molecule has 29 heavy (non-hydrogen) atoms. The van der Waals surface area contributed by atoms with Crippen LogP contribution >= 0.6 is 12.2 Å². The van der Waals surface area contributed by atoms with Gasteiger partial charge < -0.3 is 20.0 Å². The molecule has 2 saturated heterocycles. The van der Waals surface area contributed by atoms with Gasteiger partial charge in [0.1, 0.15) is 5.82 Å². The number of anilines is 2. The molecule has 156 valence electrons. The first-order valence-corrected chi connectivity index (χ1v) is 11.4. The lowest BCUT2D eigenvalue weighted by Crippen LogP contribution is -2.46. The summed E-state index contributed by atoms with van der Waals surface area (Å²) >= 11 is 5.68. The number of aromatic nitrogens is 1. The molecule has 1 N–H and O–H groups in total. The Morgan fingerprint density at radius 1 is 1.17 bits per heavy atom. The number of thiocarbonyl (C=S) groups is 1. The molecule has 0 aliphatic carbocycles. The van der Waals surface area contributed by atoms with Gasteiger partial charge in [-0.05, 0) is 74.3 Å². The molecule has 2 aliphatic rings. The highest BCUT2D eigenvalue weighted by atomic mass is 32.1. The number of pyridine rings is 1. The fraction of sp³-hybridized carbons (Fsp3) is 0.565. The van der Waals surface area contributed by atoms with Gasteiger partial charge in [0.15, 0.2) is 5.11 Å². The highest BCUT2D eigenvalue weighted by molar-refractivity contribution is 7.80. The van der Waals surface area contributed by atoms with Crippen molar-refractivity contribution >= 4 is 39.7 Å². The highest BCUT2D eigenvalue weighted by Crippen LogP contribution is 2.26. The topological polar surface area (TPSA) is 34.6 Å². The van der Waals surface area contributed by atoms with Gasteiger partial charge in [0.25, 0.3) is 0 Å². The minimum absolute atomic E-state index is 0.712. The van der Waals surface area contributed by atoms with Gasteiger partial charge in [-0.25, -0.2) is 4.98 Å². The van der Waals surface area contributed by atoms with Gasteiger partial charge in [0.05, 0.1) is 5.52 Å². The predicted molar refractivity (Wildman–Crippen MR) is 127 cm³/mol. The Morgan fingerprint density at radius 2 is 1.97 bits per heavy atom. The molecule has 0 bridgehead atoms. The minimum atomic E-state index is 0.712. The molecule has 2 fully saturated rings.